The lowest BCUT2D eigenvalue weighted by atomic mass is 10.0. The maximum atomic E-state index is 5.67. The molecule has 2 aromatic rings. The number of aryl methyl sites for hydroxylation is 2. The number of pyridine rings is 1. The fourth-order valence-electron chi connectivity index (χ4n) is 2.51. The van der Waals surface area contributed by atoms with Gasteiger partial charge in [0.2, 0.25) is 0 Å². The van der Waals surface area contributed by atoms with Crippen molar-refractivity contribution in [3.8, 4) is 0 Å². The van der Waals surface area contributed by atoms with Crippen LogP contribution in [0.15, 0.2) is 24.4 Å². The summed E-state index contributed by atoms with van der Waals surface area (Å²) in [5.41, 5.74) is 7.63. The summed E-state index contributed by atoms with van der Waals surface area (Å²) in [4.78, 5) is 4.35. The highest BCUT2D eigenvalue weighted by Gasteiger charge is 2.13. The number of nitrogens with one attached hydrogen (secondary N) is 1. The van der Waals surface area contributed by atoms with Crippen LogP contribution in [0.2, 0.25) is 0 Å². The van der Waals surface area contributed by atoms with E-state index in [4.69, 9.17) is 5.84 Å². The molecule has 0 bridgehead atoms. The van der Waals surface area contributed by atoms with E-state index in [1.54, 1.807) is 0 Å². The zero-order valence-electron chi connectivity index (χ0n) is 12.4. The molecule has 0 saturated heterocycles. The maximum absolute atomic E-state index is 5.67. The van der Waals surface area contributed by atoms with Crippen LogP contribution in [-0.4, -0.2) is 20.8 Å². The molecule has 2 rings (SSSR count). The van der Waals surface area contributed by atoms with Gasteiger partial charge in [-0.05, 0) is 44.4 Å². The van der Waals surface area contributed by atoms with Crippen LogP contribution >= 0.6 is 0 Å². The Kier molecular flexibility index (Phi) is 4.87. The monoisotopic (exact) mass is 273 g/mol. The van der Waals surface area contributed by atoms with Crippen LogP contribution in [-0.2, 0) is 19.9 Å². The molecule has 0 aliphatic rings. The lowest BCUT2D eigenvalue weighted by Crippen LogP contribution is -2.37. The van der Waals surface area contributed by atoms with Gasteiger partial charge in [0.05, 0.1) is 5.69 Å². The fourth-order valence-corrected chi connectivity index (χ4v) is 2.51. The van der Waals surface area contributed by atoms with E-state index in [9.17, 15) is 0 Å². The minimum Gasteiger partial charge on any atom is -0.272 e. The summed E-state index contributed by atoms with van der Waals surface area (Å²) in [6, 6.07) is 6.19. The first-order valence-electron chi connectivity index (χ1n) is 6.97. The van der Waals surface area contributed by atoms with E-state index in [0.717, 1.165) is 30.7 Å². The van der Waals surface area contributed by atoms with Gasteiger partial charge in [-0.25, -0.2) is 0 Å². The Morgan fingerprint density at radius 3 is 2.70 bits per heavy atom. The summed E-state index contributed by atoms with van der Waals surface area (Å²) >= 11 is 0. The van der Waals surface area contributed by atoms with Crippen molar-refractivity contribution >= 4 is 0 Å². The third kappa shape index (κ3) is 3.43. The molecule has 0 amide bonds. The largest absolute Gasteiger partial charge is 0.272 e. The molecule has 0 spiro atoms. The zero-order chi connectivity index (χ0) is 14.5. The lowest BCUT2D eigenvalue weighted by Gasteiger charge is -2.15. The highest BCUT2D eigenvalue weighted by Crippen LogP contribution is 2.15. The quantitative estimate of drug-likeness (QED) is 0.617. The summed E-state index contributed by atoms with van der Waals surface area (Å²) in [5, 5.41) is 4.45. The molecule has 0 fully saturated rings. The van der Waals surface area contributed by atoms with Crippen molar-refractivity contribution in [2.24, 2.45) is 12.9 Å². The van der Waals surface area contributed by atoms with Crippen LogP contribution in [0.1, 0.15) is 29.1 Å². The number of hydrazine groups is 1. The van der Waals surface area contributed by atoms with Gasteiger partial charge in [-0.2, -0.15) is 5.10 Å². The fraction of sp³-hybridized carbons (Fsp3) is 0.467. The zero-order valence-corrected chi connectivity index (χ0v) is 12.4. The Morgan fingerprint density at radius 1 is 1.35 bits per heavy atom. The number of nitrogens with two attached hydrogens (primary N) is 1. The predicted molar refractivity (Wildman–Crippen MR) is 80.1 cm³/mol. The molecule has 0 saturated carbocycles. The molecule has 20 heavy (non-hydrogen) atoms. The van der Waals surface area contributed by atoms with Gasteiger partial charge >= 0.3 is 0 Å². The smallest absolute Gasteiger partial charge is 0.0628 e. The van der Waals surface area contributed by atoms with Gasteiger partial charge in [0.15, 0.2) is 0 Å². The van der Waals surface area contributed by atoms with E-state index in [2.05, 4.69) is 29.4 Å². The summed E-state index contributed by atoms with van der Waals surface area (Å²) < 4.78 is 1.94. The minimum atomic E-state index is 0.226. The minimum absolute atomic E-state index is 0.226. The van der Waals surface area contributed by atoms with Crippen LogP contribution in [0.3, 0.4) is 0 Å². The van der Waals surface area contributed by atoms with E-state index in [1.165, 1.54) is 11.3 Å². The second-order valence-corrected chi connectivity index (χ2v) is 5.20. The van der Waals surface area contributed by atoms with Crippen LogP contribution < -0.4 is 11.3 Å². The summed E-state index contributed by atoms with van der Waals surface area (Å²) in [6.45, 7) is 4.17. The molecule has 108 valence electrons. The number of aromatic nitrogens is 3. The van der Waals surface area contributed by atoms with Crippen molar-refractivity contribution in [2.45, 2.75) is 39.2 Å². The van der Waals surface area contributed by atoms with Crippen molar-refractivity contribution in [3.05, 3.63) is 47.0 Å². The molecule has 0 aromatic carbocycles. The normalized spacial score (nSPS) is 12.6. The number of rotatable bonds is 6. The number of nitrogens with zero attached hydrogens (tertiary/aromatic N) is 3. The van der Waals surface area contributed by atoms with Gasteiger partial charge in [0, 0.05) is 37.1 Å². The van der Waals surface area contributed by atoms with E-state index in [1.807, 2.05) is 36.1 Å². The second-order valence-electron chi connectivity index (χ2n) is 5.20. The van der Waals surface area contributed by atoms with Crippen LogP contribution in [0.25, 0.3) is 0 Å². The van der Waals surface area contributed by atoms with Crippen LogP contribution in [0, 0.1) is 13.8 Å². The van der Waals surface area contributed by atoms with Crippen molar-refractivity contribution in [2.75, 3.05) is 0 Å². The van der Waals surface area contributed by atoms with E-state index >= 15 is 0 Å². The Balaban J connectivity index is 1.97. The van der Waals surface area contributed by atoms with Crippen molar-refractivity contribution in [1.29, 1.82) is 0 Å². The Morgan fingerprint density at radius 2 is 2.15 bits per heavy atom. The summed E-state index contributed by atoms with van der Waals surface area (Å²) in [5.74, 6) is 5.67. The van der Waals surface area contributed by atoms with Crippen LogP contribution in [0.5, 0.6) is 0 Å². The lowest BCUT2D eigenvalue weighted by molar-refractivity contribution is 0.486. The van der Waals surface area contributed by atoms with Gasteiger partial charge in [0.1, 0.15) is 0 Å². The molecule has 0 radical (unpaired) electrons. The van der Waals surface area contributed by atoms with Gasteiger partial charge in [0.25, 0.3) is 0 Å². The standard InChI is InChI=1S/C15H23N5/c1-11-15(12(2)20(3)19-11)8-7-14(18-16)10-13-6-4-5-9-17-13/h4-6,9,14,18H,7-8,10,16H2,1-3H3. The van der Waals surface area contributed by atoms with Crippen LogP contribution in [0.4, 0.5) is 0 Å². The molecule has 5 nitrogen and oxygen atoms in total. The molecular weight excluding hydrogens is 250 g/mol. The molecule has 2 heterocycles. The Hall–Kier alpha value is -1.72. The molecule has 0 aliphatic heterocycles. The third-order valence-electron chi connectivity index (χ3n) is 3.82. The Bertz CT molecular complexity index is 547. The van der Waals surface area contributed by atoms with E-state index < -0.39 is 0 Å². The first-order chi connectivity index (χ1) is 9.61. The summed E-state index contributed by atoms with van der Waals surface area (Å²) in [6.07, 6.45) is 4.61. The van der Waals surface area contributed by atoms with Gasteiger partial charge in [-0.15, -0.1) is 0 Å². The predicted octanol–water partition coefficient (Wildman–Crippen LogP) is 1.44. The highest BCUT2D eigenvalue weighted by atomic mass is 15.3. The summed E-state index contributed by atoms with van der Waals surface area (Å²) in [7, 11) is 1.98. The van der Waals surface area contributed by atoms with Gasteiger partial charge in [-0.3, -0.25) is 20.9 Å². The number of hydrogen-bond acceptors (Lipinski definition) is 4. The van der Waals surface area contributed by atoms with Crippen molar-refractivity contribution < 1.29 is 0 Å². The van der Waals surface area contributed by atoms with Crippen molar-refractivity contribution in [1.82, 2.24) is 20.2 Å². The van der Waals surface area contributed by atoms with E-state index in [-0.39, 0.29) is 6.04 Å². The average molecular weight is 273 g/mol. The SMILES string of the molecule is Cc1nn(C)c(C)c1CCC(Cc1ccccn1)NN. The van der Waals surface area contributed by atoms with Crippen molar-refractivity contribution in [3.63, 3.8) is 0 Å². The highest BCUT2D eigenvalue weighted by molar-refractivity contribution is 5.24. The molecule has 1 atom stereocenters. The Labute approximate surface area is 120 Å². The number of hydrogen-bond donors (Lipinski definition) is 2. The average Bonchev–Trinajstić information content (AvgIpc) is 2.70. The van der Waals surface area contributed by atoms with Gasteiger partial charge in [-0.1, -0.05) is 6.07 Å². The molecule has 3 N–H and O–H groups in total. The topological polar surface area (TPSA) is 68.8 Å². The molecule has 2 aromatic heterocycles. The molecular formula is C15H23N5. The van der Waals surface area contributed by atoms with E-state index in [0.29, 0.717) is 0 Å². The maximum Gasteiger partial charge on any atom is 0.0628 e. The molecule has 0 aliphatic carbocycles. The molecule has 1 unspecified atom stereocenters. The first kappa shape index (κ1) is 14.7. The third-order valence-corrected chi connectivity index (χ3v) is 3.82. The molecule has 5 heteroatoms. The first-order valence-corrected chi connectivity index (χ1v) is 6.97. The second kappa shape index (κ2) is 6.63. The van der Waals surface area contributed by atoms with Gasteiger partial charge < -0.3 is 0 Å².